The molecular weight excluding hydrogens is 260 g/mol. The van der Waals surface area contributed by atoms with Gasteiger partial charge in [0.25, 0.3) is 0 Å². The van der Waals surface area contributed by atoms with E-state index in [2.05, 4.69) is 48.3 Å². The third-order valence-corrected chi connectivity index (χ3v) is 5.48. The first-order valence-electron chi connectivity index (χ1n) is 8.44. The first-order valence-corrected chi connectivity index (χ1v) is 8.44. The van der Waals surface area contributed by atoms with Crippen LogP contribution >= 0.6 is 0 Å². The molecular formula is C18H28N2O. The lowest BCUT2D eigenvalue weighted by molar-refractivity contribution is -0.0295. The summed E-state index contributed by atoms with van der Waals surface area (Å²) in [5.41, 5.74) is 3.18. The van der Waals surface area contributed by atoms with Crippen molar-refractivity contribution in [1.82, 2.24) is 10.2 Å². The van der Waals surface area contributed by atoms with Crippen LogP contribution < -0.4 is 5.32 Å². The third kappa shape index (κ3) is 2.87. The van der Waals surface area contributed by atoms with Gasteiger partial charge in [0.15, 0.2) is 0 Å². The Hall–Kier alpha value is -0.900. The van der Waals surface area contributed by atoms with E-state index in [0.29, 0.717) is 5.54 Å². The van der Waals surface area contributed by atoms with Gasteiger partial charge in [-0.2, -0.15) is 0 Å². The molecule has 1 saturated heterocycles. The van der Waals surface area contributed by atoms with Crippen LogP contribution in [0.3, 0.4) is 0 Å². The number of fused-ring (bicyclic) bond motifs is 1. The second-order valence-corrected chi connectivity index (χ2v) is 6.36. The molecule has 0 aliphatic carbocycles. The highest BCUT2D eigenvalue weighted by Gasteiger charge is 2.37. The zero-order valence-corrected chi connectivity index (χ0v) is 13.4. The monoisotopic (exact) mass is 288 g/mol. The fourth-order valence-corrected chi connectivity index (χ4v) is 3.94. The first-order chi connectivity index (χ1) is 10.3. The summed E-state index contributed by atoms with van der Waals surface area (Å²) in [6, 6.07) is 8.80. The second kappa shape index (κ2) is 6.47. The van der Waals surface area contributed by atoms with E-state index >= 15 is 0 Å². The Labute approximate surface area is 128 Å². The molecule has 3 rings (SSSR count). The first kappa shape index (κ1) is 15.0. The van der Waals surface area contributed by atoms with Crippen LogP contribution in [-0.2, 0) is 11.2 Å². The van der Waals surface area contributed by atoms with Gasteiger partial charge >= 0.3 is 0 Å². The molecule has 1 unspecified atom stereocenters. The highest BCUT2D eigenvalue weighted by Crippen LogP contribution is 2.32. The topological polar surface area (TPSA) is 24.5 Å². The van der Waals surface area contributed by atoms with Crippen molar-refractivity contribution in [1.29, 1.82) is 0 Å². The van der Waals surface area contributed by atoms with E-state index < -0.39 is 0 Å². The molecule has 1 fully saturated rings. The fourth-order valence-electron chi connectivity index (χ4n) is 3.94. The van der Waals surface area contributed by atoms with Crippen LogP contribution in [0.4, 0.5) is 0 Å². The van der Waals surface area contributed by atoms with Gasteiger partial charge in [-0.25, -0.2) is 0 Å². The summed E-state index contributed by atoms with van der Waals surface area (Å²) < 4.78 is 6.13. The smallest absolute Gasteiger partial charge is 0.0954 e. The van der Waals surface area contributed by atoms with E-state index in [0.717, 1.165) is 39.2 Å². The van der Waals surface area contributed by atoms with E-state index in [4.69, 9.17) is 4.74 Å². The van der Waals surface area contributed by atoms with Crippen LogP contribution in [0.2, 0.25) is 0 Å². The number of piperazine rings is 1. The molecule has 3 nitrogen and oxygen atoms in total. The van der Waals surface area contributed by atoms with Crippen molar-refractivity contribution in [3.63, 3.8) is 0 Å². The second-order valence-electron chi connectivity index (χ2n) is 6.36. The molecule has 21 heavy (non-hydrogen) atoms. The van der Waals surface area contributed by atoms with Crippen molar-refractivity contribution in [2.24, 2.45) is 0 Å². The third-order valence-electron chi connectivity index (χ3n) is 5.48. The molecule has 0 radical (unpaired) electrons. The summed E-state index contributed by atoms with van der Waals surface area (Å²) in [4.78, 5) is 2.68. The zero-order chi connectivity index (χ0) is 14.7. The number of benzene rings is 1. The minimum absolute atomic E-state index is 0.241. The van der Waals surface area contributed by atoms with E-state index in [-0.39, 0.29) is 6.10 Å². The minimum atomic E-state index is 0.241. The molecule has 0 amide bonds. The number of hydrogen-bond acceptors (Lipinski definition) is 3. The number of nitrogens with zero attached hydrogens (tertiary/aromatic N) is 1. The summed E-state index contributed by atoms with van der Waals surface area (Å²) in [7, 11) is 0. The average Bonchev–Trinajstić information content (AvgIpc) is 2.56. The Morgan fingerprint density at radius 3 is 2.90 bits per heavy atom. The van der Waals surface area contributed by atoms with Crippen molar-refractivity contribution in [2.45, 2.75) is 44.8 Å². The van der Waals surface area contributed by atoms with Crippen molar-refractivity contribution < 1.29 is 4.74 Å². The molecule has 1 aromatic carbocycles. The minimum Gasteiger partial charge on any atom is -0.372 e. The van der Waals surface area contributed by atoms with Crippen LogP contribution in [0.25, 0.3) is 0 Å². The molecule has 0 aromatic heterocycles. The molecule has 0 saturated carbocycles. The van der Waals surface area contributed by atoms with Crippen molar-refractivity contribution in [3.8, 4) is 0 Å². The Balaban J connectivity index is 1.79. The van der Waals surface area contributed by atoms with Crippen LogP contribution in [0, 0.1) is 0 Å². The number of rotatable bonds is 4. The van der Waals surface area contributed by atoms with E-state index in [1.54, 1.807) is 0 Å². The van der Waals surface area contributed by atoms with E-state index in [1.807, 2.05) is 0 Å². The molecule has 2 aliphatic rings. The van der Waals surface area contributed by atoms with Gasteiger partial charge in [-0.3, -0.25) is 4.90 Å². The number of ether oxygens (including phenoxy) is 1. The Morgan fingerprint density at radius 2 is 2.10 bits per heavy atom. The predicted molar refractivity (Wildman–Crippen MR) is 86.6 cm³/mol. The van der Waals surface area contributed by atoms with Crippen LogP contribution in [0.5, 0.6) is 0 Å². The van der Waals surface area contributed by atoms with Gasteiger partial charge in [0, 0.05) is 31.7 Å². The van der Waals surface area contributed by atoms with Crippen LogP contribution in [0.1, 0.15) is 43.9 Å². The molecule has 1 atom stereocenters. The van der Waals surface area contributed by atoms with Gasteiger partial charge in [0.2, 0.25) is 0 Å². The quantitative estimate of drug-likeness (QED) is 0.922. The van der Waals surface area contributed by atoms with Crippen LogP contribution in [0.15, 0.2) is 24.3 Å². The summed E-state index contributed by atoms with van der Waals surface area (Å²) >= 11 is 0. The van der Waals surface area contributed by atoms with Gasteiger partial charge < -0.3 is 10.1 Å². The number of hydrogen-bond donors (Lipinski definition) is 1. The summed E-state index contributed by atoms with van der Waals surface area (Å²) in [5.74, 6) is 0. The van der Waals surface area contributed by atoms with Crippen molar-refractivity contribution >= 4 is 0 Å². The van der Waals surface area contributed by atoms with Gasteiger partial charge in [0.1, 0.15) is 0 Å². The number of nitrogens with one attached hydrogen (secondary N) is 1. The van der Waals surface area contributed by atoms with Gasteiger partial charge in [-0.15, -0.1) is 0 Å². The summed E-state index contributed by atoms with van der Waals surface area (Å²) in [5, 5.41) is 3.58. The normalized spacial score (nSPS) is 25.5. The predicted octanol–water partition coefficient (Wildman–Crippen LogP) is 2.76. The molecule has 2 aliphatic heterocycles. The Morgan fingerprint density at radius 1 is 1.29 bits per heavy atom. The largest absolute Gasteiger partial charge is 0.372 e. The standard InChI is InChI=1S/C18H28N2O/c1-3-18(4-2)14-19-10-11-20(18)13-17-16-8-6-5-7-15(16)9-12-21-17/h5-8,17,19H,3-4,9-14H2,1-2H3. The van der Waals surface area contributed by atoms with Crippen LogP contribution in [-0.4, -0.2) is 43.2 Å². The molecule has 0 spiro atoms. The molecule has 1 aromatic rings. The fraction of sp³-hybridized carbons (Fsp3) is 0.667. The lowest BCUT2D eigenvalue weighted by atomic mass is 9.87. The summed E-state index contributed by atoms with van der Waals surface area (Å²) in [6.45, 7) is 9.85. The molecule has 0 bridgehead atoms. The molecule has 116 valence electrons. The lowest BCUT2D eigenvalue weighted by Crippen LogP contribution is -2.61. The zero-order valence-electron chi connectivity index (χ0n) is 13.4. The molecule has 2 heterocycles. The lowest BCUT2D eigenvalue weighted by Gasteiger charge is -2.48. The van der Waals surface area contributed by atoms with Crippen molar-refractivity contribution in [2.75, 3.05) is 32.8 Å². The highest BCUT2D eigenvalue weighted by atomic mass is 16.5. The SMILES string of the molecule is CCC1(CC)CNCCN1CC1OCCc2ccccc21. The van der Waals surface area contributed by atoms with Crippen molar-refractivity contribution in [3.05, 3.63) is 35.4 Å². The Bertz CT molecular complexity index is 470. The summed E-state index contributed by atoms with van der Waals surface area (Å²) in [6.07, 6.45) is 3.70. The van der Waals surface area contributed by atoms with Gasteiger partial charge in [-0.1, -0.05) is 38.1 Å². The Kier molecular flexibility index (Phi) is 4.63. The van der Waals surface area contributed by atoms with Gasteiger partial charge in [-0.05, 0) is 30.4 Å². The van der Waals surface area contributed by atoms with E-state index in [1.165, 1.54) is 24.0 Å². The maximum Gasteiger partial charge on any atom is 0.0954 e. The highest BCUT2D eigenvalue weighted by molar-refractivity contribution is 5.31. The van der Waals surface area contributed by atoms with E-state index in [9.17, 15) is 0 Å². The molecule has 1 N–H and O–H groups in total. The maximum atomic E-state index is 6.13. The van der Waals surface area contributed by atoms with Gasteiger partial charge in [0.05, 0.1) is 12.7 Å². The molecule has 3 heteroatoms. The average molecular weight is 288 g/mol. The maximum absolute atomic E-state index is 6.13.